The predicted molar refractivity (Wildman–Crippen MR) is 89.2 cm³/mol. The van der Waals surface area contributed by atoms with E-state index in [9.17, 15) is 4.79 Å². The van der Waals surface area contributed by atoms with Crippen LogP contribution in [0.3, 0.4) is 0 Å². The number of amides is 2. The lowest BCUT2D eigenvalue weighted by atomic mass is 10.3. The highest BCUT2D eigenvalue weighted by atomic mass is 35.5. The van der Waals surface area contributed by atoms with Crippen molar-refractivity contribution in [1.82, 2.24) is 10.3 Å². The molecule has 1 saturated carbocycles. The van der Waals surface area contributed by atoms with E-state index in [-0.39, 0.29) is 6.03 Å². The molecule has 1 heterocycles. The van der Waals surface area contributed by atoms with E-state index < -0.39 is 0 Å². The Morgan fingerprint density at radius 1 is 1.18 bits per heavy atom. The van der Waals surface area contributed by atoms with Gasteiger partial charge in [0.1, 0.15) is 5.82 Å². The molecule has 3 N–H and O–H groups in total. The normalized spacial score (nSPS) is 13.5. The summed E-state index contributed by atoms with van der Waals surface area (Å²) in [6.45, 7) is 0. The Bertz CT molecular complexity index is 686. The minimum atomic E-state index is -0.203. The Morgan fingerprint density at radius 3 is 2.64 bits per heavy atom. The van der Waals surface area contributed by atoms with Crippen LogP contribution in [0.4, 0.5) is 22.0 Å². The number of hydrogen-bond acceptors (Lipinski definition) is 3. The van der Waals surface area contributed by atoms with Gasteiger partial charge in [0.15, 0.2) is 0 Å². The van der Waals surface area contributed by atoms with Crippen molar-refractivity contribution in [3.8, 4) is 0 Å². The van der Waals surface area contributed by atoms with Crippen LogP contribution in [0.2, 0.25) is 10.0 Å². The molecule has 0 bridgehead atoms. The number of hydrogen-bond donors (Lipinski definition) is 3. The van der Waals surface area contributed by atoms with Gasteiger partial charge in [0.05, 0.1) is 22.6 Å². The highest BCUT2D eigenvalue weighted by Crippen LogP contribution is 2.27. The summed E-state index contributed by atoms with van der Waals surface area (Å²) in [5, 5.41) is 9.77. The van der Waals surface area contributed by atoms with Crippen LogP contribution < -0.4 is 16.0 Å². The van der Waals surface area contributed by atoms with Crippen LogP contribution in [0.5, 0.6) is 0 Å². The maximum Gasteiger partial charge on any atom is 0.319 e. The van der Waals surface area contributed by atoms with Gasteiger partial charge >= 0.3 is 6.03 Å². The van der Waals surface area contributed by atoms with E-state index in [4.69, 9.17) is 23.2 Å². The second-order valence-electron chi connectivity index (χ2n) is 5.05. The average molecular weight is 337 g/mol. The number of carbonyl (C=O) groups is 1. The summed E-state index contributed by atoms with van der Waals surface area (Å²) in [5.41, 5.74) is 1.34. The van der Waals surface area contributed by atoms with Crippen molar-refractivity contribution in [2.24, 2.45) is 0 Å². The molecule has 114 valence electrons. The molecule has 7 heteroatoms. The van der Waals surface area contributed by atoms with Gasteiger partial charge < -0.3 is 16.0 Å². The van der Waals surface area contributed by atoms with Crippen molar-refractivity contribution < 1.29 is 4.79 Å². The highest BCUT2D eigenvalue weighted by Gasteiger charge is 2.23. The van der Waals surface area contributed by atoms with Gasteiger partial charge in [-0.3, -0.25) is 0 Å². The first-order valence-corrected chi connectivity index (χ1v) is 7.61. The Balaban J connectivity index is 1.62. The van der Waals surface area contributed by atoms with Crippen molar-refractivity contribution in [3.63, 3.8) is 0 Å². The smallest absolute Gasteiger partial charge is 0.319 e. The number of aromatic nitrogens is 1. The lowest BCUT2D eigenvalue weighted by molar-refractivity contribution is 0.251. The second kappa shape index (κ2) is 6.42. The third-order valence-electron chi connectivity index (χ3n) is 3.13. The van der Waals surface area contributed by atoms with Crippen LogP contribution in [-0.2, 0) is 0 Å². The fraction of sp³-hybridized carbons (Fsp3) is 0.200. The fourth-order valence-electron chi connectivity index (χ4n) is 1.85. The zero-order chi connectivity index (χ0) is 15.5. The van der Waals surface area contributed by atoms with E-state index in [1.807, 2.05) is 0 Å². The molecule has 0 atom stereocenters. The number of nitrogens with zero attached hydrogens (tertiary/aromatic N) is 1. The first kappa shape index (κ1) is 14.9. The first-order chi connectivity index (χ1) is 10.6. The van der Waals surface area contributed by atoms with Crippen LogP contribution in [-0.4, -0.2) is 17.1 Å². The van der Waals surface area contributed by atoms with Crippen molar-refractivity contribution in [1.29, 1.82) is 0 Å². The van der Waals surface area contributed by atoms with Gasteiger partial charge in [0.2, 0.25) is 0 Å². The summed E-state index contributed by atoms with van der Waals surface area (Å²) >= 11 is 11.9. The van der Waals surface area contributed by atoms with Gasteiger partial charge in [-0.2, -0.15) is 0 Å². The third-order valence-corrected chi connectivity index (χ3v) is 3.68. The van der Waals surface area contributed by atoms with E-state index in [1.165, 1.54) is 0 Å². The number of nitrogens with one attached hydrogen (secondary N) is 3. The molecule has 0 aliphatic heterocycles. The minimum Gasteiger partial charge on any atom is -0.339 e. The first-order valence-electron chi connectivity index (χ1n) is 6.86. The molecular weight excluding hydrogens is 323 g/mol. The number of carbonyl (C=O) groups excluding carboxylic acids is 1. The number of anilines is 3. The molecule has 22 heavy (non-hydrogen) atoms. The van der Waals surface area contributed by atoms with Crippen molar-refractivity contribution in [2.45, 2.75) is 18.9 Å². The fourth-order valence-corrected chi connectivity index (χ4v) is 2.31. The molecule has 1 aromatic heterocycles. The van der Waals surface area contributed by atoms with Crippen LogP contribution in [0.1, 0.15) is 12.8 Å². The van der Waals surface area contributed by atoms with Gasteiger partial charge in [-0.1, -0.05) is 23.2 Å². The topological polar surface area (TPSA) is 66.0 Å². The molecule has 1 aromatic carbocycles. The molecule has 0 saturated heterocycles. The van der Waals surface area contributed by atoms with E-state index in [1.54, 1.807) is 36.5 Å². The predicted octanol–water partition coefficient (Wildman–Crippen LogP) is 4.42. The number of rotatable bonds is 4. The lowest BCUT2D eigenvalue weighted by Crippen LogP contribution is -2.30. The summed E-state index contributed by atoms with van der Waals surface area (Å²) in [6.07, 6.45) is 3.69. The van der Waals surface area contributed by atoms with Crippen molar-refractivity contribution in [3.05, 3.63) is 46.6 Å². The van der Waals surface area contributed by atoms with E-state index in [0.29, 0.717) is 33.3 Å². The van der Waals surface area contributed by atoms with Gasteiger partial charge in [-0.05, 0) is 43.2 Å². The Kier molecular flexibility index (Phi) is 4.36. The Morgan fingerprint density at radius 2 is 2.00 bits per heavy atom. The van der Waals surface area contributed by atoms with Gasteiger partial charge in [0.25, 0.3) is 0 Å². The Hall–Kier alpha value is -1.98. The number of pyridine rings is 1. The molecule has 2 amide bonds. The third kappa shape index (κ3) is 4.02. The van der Waals surface area contributed by atoms with Gasteiger partial charge in [-0.25, -0.2) is 9.78 Å². The van der Waals surface area contributed by atoms with E-state index in [0.717, 1.165) is 12.8 Å². The lowest BCUT2D eigenvalue weighted by Gasteiger charge is -2.09. The molecule has 1 fully saturated rings. The van der Waals surface area contributed by atoms with E-state index in [2.05, 4.69) is 20.9 Å². The molecule has 0 radical (unpaired) electrons. The summed E-state index contributed by atoms with van der Waals surface area (Å²) in [5.74, 6) is 0.623. The average Bonchev–Trinajstić information content (AvgIpc) is 3.28. The van der Waals surface area contributed by atoms with Crippen LogP contribution in [0, 0.1) is 0 Å². The summed E-state index contributed by atoms with van der Waals surface area (Å²) in [4.78, 5) is 15.9. The van der Waals surface area contributed by atoms with Gasteiger partial charge in [-0.15, -0.1) is 0 Å². The summed E-state index contributed by atoms with van der Waals surface area (Å²) < 4.78 is 0. The molecule has 0 spiro atoms. The monoisotopic (exact) mass is 336 g/mol. The molecule has 1 aliphatic carbocycles. The molecule has 5 nitrogen and oxygen atoms in total. The van der Waals surface area contributed by atoms with Crippen molar-refractivity contribution >= 4 is 46.4 Å². The van der Waals surface area contributed by atoms with E-state index >= 15 is 0 Å². The quantitative estimate of drug-likeness (QED) is 0.774. The van der Waals surface area contributed by atoms with Gasteiger partial charge in [0, 0.05) is 11.1 Å². The largest absolute Gasteiger partial charge is 0.339 e. The second-order valence-corrected chi connectivity index (χ2v) is 5.90. The van der Waals surface area contributed by atoms with Crippen molar-refractivity contribution in [2.75, 3.05) is 10.6 Å². The standard InChI is InChI=1S/C15H14Cl2N4O/c16-9-1-5-13(12(17)7-9)21-14-6-4-11(8-18-14)20-15(22)19-10-2-3-10/h1,4-8,10H,2-3H2,(H,18,21)(H2,19,20,22). The molecular formula is C15H14Cl2N4O. The van der Waals surface area contributed by atoms with Crippen LogP contribution in [0.25, 0.3) is 0 Å². The molecule has 2 aromatic rings. The zero-order valence-corrected chi connectivity index (χ0v) is 13.1. The molecule has 3 rings (SSSR count). The number of benzene rings is 1. The maximum absolute atomic E-state index is 11.6. The minimum absolute atomic E-state index is 0.203. The van der Waals surface area contributed by atoms with Crippen LogP contribution in [0.15, 0.2) is 36.5 Å². The highest BCUT2D eigenvalue weighted by molar-refractivity contribution is 6.36. The summed E-state index contributed by atoms with van der Waals surface area (Å²) in [6, 6.07) is 8.83. The Labute approximate surface area is 138 Å². The van der Waals surface area contributed by atoms with Crippen LogP contribution >= 0.6 is 23.2 Å². The maximum atomic E-state index is 11.6. The number of urea groups is 1. The SMILES string of the molecule is O=C(Nc1ccc(Nc2ccc(Cl)cc2Cl)nc1)NC1CC1. The summed E-state index contributed by atoms with van der Waals surface area (Å²) in [7, 11) is 0. The zero-order valence-electron chi connectivity index (χ0n) is 11.6. The number of halogens is 2. The molecule has 1 aliphatic rings. The molecule has 0 unspecified atom stereocenters.